The smallest absolute Gasteiger partial charge is 0.251 e. The number of aryl methyl sites for hydroxylation is 1. The lowest BCUT2D eigenvalue weighted by molar-refractivity contribution is 0.0950. The number of rotatable bonds is 4. The van der Waals surface area contributed by atoms with E-state index in [1.165, 1.54) is 0 Å². The minimum absolute atomic E-state index is 0.158. The van der Waals surface area contributed by atoms with E-state index in [0.29, 0.717) is 17.8 Å². The van der Waals surface area contributed by atoms with Crippen LogP contribution in [0.5, 0.6) is 5.75 Å². The van der Waals surface area contributed by atoms with E-state index in [2.05, 4.69) is 15.5 Å². The van der Waals surface area contributed by atoms with Crippen molar-refractivity contribution in [2.45, 2.75) is 13.5 Å². The quantitative estimate of drug-likeness (QED) is 0.799. The van der Waals surface area contributed by atoms with Gasteiger partial charge in [0.05, 0.1) is 7.11 Å². The van der Waals surface area contributed by atoms with Gasteiger partial charge in [-0.3, -0.25) is 9.20 Å². The largest absolute Gasteiger partial charge is 0.496 e. The fraction of sp³-hybridized carbons (Fsp3) is 0.188. The number of carbonyl (C=O) groups excluding carboxylic acids is 1. The van der Waals surface area contributed by atoms with Crippen molar-refractivity contribution >= 4 is 11.6 Å². The van der Waals surface area contributed by atoms with Crippen LogP contribution in [0.15, 0.2) is 42.6 Å². The monoisotopic (exact) mass is 296 g/mol. The third-order valence-electron chi connectivity index (χ3n) is 3.47. The summed E-state index contributed by atoms with van der Waals surface area (Å²) in [5, 5.41) is 10.9. The number of nitrogens with one attached hydrogen (secondary N) is 1. The van der Waals surface area contributed by atoms with E-state index in [1.54, 1.807) is 25.4 Å². The Balaban J connectivity index is 1.75. The molecule has 0 unspecified atom stereocenters. The van der Waals surface area contributed by atoms with Crippen molar-refractivity contribution < 1.29 is 9.53 Å². The number of carbonyl (C=O) groups is 1. The molecule has 2 aromatic heterocycles. The molecule has 3 aromatic rings. The molecule has 1 amide bonds. The molecule has 0 saturated heterocycles. The number of methoxy groups -OCH3 is 1. The van der Waals surface area contributed by atoms with Crippen LogP contribution in [-0.4, -0.2) is 27.6 Å². The topological polar surface area (TPSA) is 68.5 Å². The van der Waals surface area contributed by atoms with E-state index in [9.17, 15) is 4.79 Å². The first-order valence-electron chi connectivity index (χ1n) is 6.90. The van der Waals surface area contributed by atoms with Gasteiger partial charge in [0.2, 0.25) is 0 Å². The van der Waals surface area contributed by atoms with E-state index >= 15 is 0 Å². The van der Waals surface area contributed by atoms with Gasteiger partial charge in [0, 0.05) is 23.9 Å². The Morgan fingerprint density at radius 1 is 1.27 bits per heavy atom. The zero-order valence-electron chi connectivity index (χ0n) is 12.4. The zero-order valence-corrected chi connectivity index (χ0v) is 12.4. The third-order valence-corrected chi connectivity index (χ3v) is 3.47. The van der Waals surface area contributed by atoms with Gasteiger partial charge in [-0.2, -0.15) is 0 Å². The Kier molecular flexibility index (Phi) is 3.74. The highest BCUT2D eigenvalue weighted by Crippen LogP contribution is 2.17. The Labute approximate surface area is 127 Å². The van der Waals surface area contributed by atoms with Gasteiger partial charge in [-0.1, -0.05) is 18.2 Å². The number of hydrogen-bond donors (Lipinski definition) is 1. The number of ether oxygens (including phenoxy) is 1. The lowest BCUT2D eigenvalue weighted by Crippen LogP contribution is -2.23. The predicted octanol–water partition coefficient (Wildman–Crippen LogP) is 1.98. The van der Waals surface area contributed by atoms with Gasteiger partial charge in [-0.15, -0.1) is 10.2 Å². The zero-order chi connectivity index (χ0) is 15.5. The summed E-state index contributed by atoms with van der Waals surface area (Å²) in [5.74, 6) is 1.39. The fourth-order valence-corrected chi connectivity index (χ4v) is 2.28. The molecular weight excluding hydrogens is 280 g/mol. The highest BCUT2D eigenvalue weighted by atomic mass is 16.5. The van der Waals surface area contributed by atoms with Crippen LogP contribution in [0.3, 0.4) is 0 Å². The Hall–Kier alpha value is -2.89. The van der Waals surface area contributed by atoms with Crippen LogP contribution < -0.4 is 10.1 Å². The highest BCUT2D eigenvalue weighted by Gasteiger charge is 2.09. The number of amides is 1. The molecule has 0 spiro atoms. The van der Waals surface area contributed by atoms with Gasteiger partial charge in [-0.25, -0.2) is 0 Å². The van der Waals surface area contributed by atoms with E-state index in [0.717, 1.165) is 17.1 Å². The average Bonchev–Trinajstić information content (AvgIpc) is 2.93. The van der Waals surface area contributed by atoms with E-state index in [4.69, 9.17) is 4.74 Å². The van der Waals surface area contributed by atoms with Crippen molar-refractivity contribution in [3.8, 4) is 5.75 Å². The molecular formula is C16H16N4O2. The minimum Gasteiger partial charge on any atom is -0.496 e. The SMILES string of the molecule is COc1ccccc1CNC(=O)c1ccn2c(C)nnc2c1. The average molecular weight is 296 g/mol. The van der Waals surface area contributed by atoms with Gasteiger partial charge in [0.15, 0.2) is 5.65 Å². The number of pyridine rings is 1. The van der Waals surface area contributed by atoms with Crippen LogP contribution >= 0.6 is 0 Å². The summed E-state index contributed by atoms with van der Waals surface area (Å²) >= 11 is 0. The molecule has 6 nitrogen and oxygen atoms in total. The Bertz CT molecular complexity index is 826. The lowest BCUT2D eigenvalue weighted by atomic mass is 10.2. The minimum atomic E-state index is -0.158. The van der Waals surface area contributed by atoms with Crippen LogP contribution in [-0.2, 0) is 6.54 Å². The van der Waals surface area contributed by atoms with Crippen molar-refractivity contribution in [1.29, 1.82) is 0 Å². The fourth-order valence-electron chi connectivity index (χ4n) is 2.28. The van der Waals surface area contributed by atoms with Crippen LogP contribution in [0.4, 0.5) is 0 Å². The standard InChI is InChI=1S/C16H16N4O2/c1-11-18-19-15-9-12(7-8-20(11)15)16(21)17-10-13-5-3-4-6-14(13)22-2/h3-9H,10H2,1-2H3,(H,17,21). The number of hydrogen-bond acceptors (Lipinski definition) is 4. The Morgan fingerprint density at radius 2 is 2.09 bits per heavy atom. The van der Waals surface area contributed by atoms with Crippen molar-refractivity contribution in [3.63, 3.8) is 0 Å². The number of benzene rings is 1. The summed E-state index contributed by atoms with van der Waals surface area (Å²) in [4.78, 5) is 12.3. The van der Waals surface area contributed by atoms with E-state index in [-0.39, 0.29) is 5.91 Å². The second kappa shape index (κ2) is 5.85. The first kappa shape index (κ1) is 14.1. The summed E-state index contributed by atoms with van der Waals surface area (Å²) in [6.45, 7) is 2.27. The highest BCUT2D eigenvalue weighted by molar-refractivity contribution is 5.95. The molecule has 22 heavy (non-hydrogen) atoms. The molecule has 0 bridgehead atoms. The van der Waals surface area contributed by atoms with Crippen LogP contribution in [0, 0.1) is 6.92 Å². The van der Waals surface area contributed by atoms with Gasteiger partial charge in [-0.05, 0) is 25.1 Å². The molecule has 0 saturated carbocycles. The molecule has 112 valence electrons. The van der Waals surface area contributed by atoms with Crippen LogP contribution in [0.25, 0.3) is 5.65 Å². The summed E-state index contributed by atoms with van der Waals surface area (Å²) in [6, 6.07) is 11.1. The van der Waals surface area contributed by atoms with E-state index in [1.807, 2.05) is 35.6 Å². The molecule has 0 atom stereocenters. The van der Waals surface area contributed by atoms with Gasteiger partial charge in [0.25, 0.3) is 5.91 Å². The van der Waals surface area contributed by atoms with E-state index < -0.39 is 0 Å². The molecule has 0 aliphatic carbocycles. The second-order valence-electron chi connectivity index (χ2n) is 4.89. The van der Waals surface area contributed by atoms with Gasteiger partial charge in [0.1, 0.15) is 11.6 Å². The molecule has 0 aliphatic heterocycles. The van der Waals surface area contributed by atoms with Crippen molar-refractivity contribution in [1.82, 2.24) is 19.9 Å². The third kappa shape index (κ3) is 2.63. The van der Waals surface area contributed by atoms with Crippen LogP contribution in [0.2, 0.25) is 0 Å². The Morgan fingerprint density at radius 3 is 2.91 bits per heavy atom. The second-order valence-corrected chi connectivity index (χ2v) is 4.89. The number of para-hydroxylation sites is 1. The summed E-state index contributed by atoms with van der Waals surface area (Å²) in [7, 11) is 1.61. The van der Waals surface area contributed by atoms with Gasteiger partial charge >= 0.3 is 0 Å². The van der Waals surface area contributed by atoms with Crippen LogP contribution in [0.1, 0.15) is 21.7 Å². The number of nitrogens with zero attached hydrogens (tertiary/aromatic N) is 3. The summed E-state index contributed by atoms with van der Waals surface area (Å²) in [5.41, 5.74) is 2.13. The van der Waals surface area contributed by atoms with Gasteiger partial charge < -0.3 is 10.1 Å². The maximum absolute atomic E-state index is 12.3. The molecule has 6 heteroatoms. The number of aromatic nitrogens is 3. The maximum atomic E-state index is 12.3. The first-order valence-corrected chi connectivity index (χ1v) is 6.90. The predicted molar refractivity (Wildman–Crippen MR) is 81.9 cm³/mol. The molecule has 0 fully saturated rings. The summed E-state index contributed by atoms with van der Waals surface area (Å²) in [6.07, 6.45) is 1.79. The molecule has 2 heterocycles. The lowest BCUT2D eigenvalue weighted by Gasteiger charge is -2.09. The van der Waals surface area contributed by atoms with Crippen molar-refractivity contribution in [2.75, 3.05) is 7.11 Å². The molecule has 0 radical (unpaired) electrons. The summed E-state index contributed by atoms with van der Waals surface area (Å²) < 4.78 is 7.10. The first-order chi connectivity index (χ1) is 10.7. The van der Waals surface area contributed by atoms with Crippen molar-refractivity contribution in [3.05, 3.63) is 59.5 Å². The normalized spacial score (nSPS) is 10.6. The molecule has 1 aromatic carbocycles. The molecule has 0 aliphatic rings. The molecule has 3 rings (SSSR count). The number of fused-ring (bicyclic) bond motifs is 1. The van der Waals surface area contributed by atoms with Crippen molar-refractivity contribution in [2.24, 2.45) is 0 Å². The molecule has 1 N–H and O–H groups in total. The maximum Gasteiger partial charge on any atom is 0.251 e.